The van der Waals surface area contributed by atoms with Crippen LogP contribution in [-0.2, 0) is 7.05 Å². The van der Waals surface area contributed by atoms with E-state index in [1.807, 2.05) is 24.7 Å². The minimum atomic E-state index is 0.483. The third-order valence-electron chi connectivity index (χ3n) is 3.56. The first-order valence-electron chi connectivity index (χ1n) is 6.27. The first-order valence-corrected chi connectivity index (χ1v) is 6.68. The Labute approximate surface area is 108 Å². The molecule has 0 radical (unpaired) electrons. The van der Waals surface area contributed by atoms with Crippen molar-refractivity contribution >= 4 is 17.1 Å². The Morgan fingerprint density at radius 2 is 2.06 bits per heavy atom. The van der Waals surface area contributed by atoms with Gasteiger partial charge < -0.3 is 0 Å². The SMILES string of the molecule is CC(=S)c1cn(C2CCCCC2)c(=N)[n+](C)c1. The van der Waals surface area contributed by atoms with E-state index in [1.54, 1.807) is 0 Å². The third-order valence-corrected chi connectivity index (χ3v) is 3.80. The van der Waals surface area contributed by atoms with Crippen LogP contribution in [0.5, 0.6) is 0 Å². The predicted molar refractivity (Wildman–Crippen MR) is 71.0 cm³/mol. The van der Waals surface area contributed by atoms with E-state index >= 15 is 0 Å². The van der Waals surface area contributed by atoms with E-state index in [4.69, 9.17) is 17.6 Å². The Balaban J connectivity index is 2.44. The predicted octanol–water partition coefficient (Wildman–Crippen LogP) is 2.04. The van der Waals surface area contributed by atoms with Crippen molar-refractivity contribution in [3.8, 4) is 0 Å². The van der Waals surface area contributed by atoms with Crippen molar-refractivity contribution in [2.75, 3.05) is 0 Å². The van der Waals surface area contributed by atoms with Crippen molar-refractivity contribution in [3.05, 3.63) is 23.6 Å². The molecule has 1 fully saturated rings. The van der Waals surface area contributed by atoms with Crippen LogP contribution in [0.15, 0.2) is 12.4 Å². The van der Waals surface area contributed by atoms with Crippen molar-refractivity contribution in [1.29, 1.82) is 5.41 Å². The molecule has 2 rings (SSSR count). The van der Waals surface area contributed by atoms with Crippen LogP contribution in [0.1, 0.15) is 50.6 Å². The van der Waals surface area contributed by atoms with Crippen molar-refractivity contribution < 1.29 is 4.57 Å². The first kappa shape index (κ1) is 12.4. The molecular formula is C13H20N3S+. The number of hydrogen-bond donors (Lipinski definition) is 1. The molecule has 0 amide bonds. The lowest BCUT2D eigenvalue weighted by atomic mass is 9.95. The summed E-state index contributed by atoms with van der Waals surface area (Å²) in [5.74, 6) is 0. The van der Waals surface area contributed by atoms with Crippen LogP contribution in [0.3, 0.4) is 0 Å². The van der Waals surface area contributed by atoms with E-state index < -0.39 is 0 Å². The number of nitrogens with one attached hydrogen (secondary N) is 1. The largest absolute Gasteiger partial charge is 0.390 e. The molecule has 0 aromatic carbocycles. The summed E-state index contributed by atoms with van der Waals surface area (Å²) in [6, 6.07) is 0.483. The van der Waals surface area contributed by atoms with E-state index in [9.17, 15) is 0 Å². The van der Waals surface area contributed by atoms with Gasteiger partial charge in [0.05, 0.1) is 31.0 Å². The highest BCUT2D eigenvalue weighted by Gasteiger charge is 2.21. The fraction of sp³-hybridized carbons (Fsp3) is 0.615. The van der Waals surface area contributed by atoms with E-state index in [0.29, 0.717) is 11.7 Å². The topological polar surface area (TPSA) is 32.7 Å². The molecule has 0 bridgehead atoms. The Hall–Kier alpha value is -1.03. The molecule has 1 heterocycles. The van der Waals surface area contributed by atoms with Gasteiger partial charge in [-0.15, -0.1) is 5.41 Å². The maximum absolute atomic E-state index is 8.15. The Kier molecular flexibility index (Phi) is 3.72. The molecule has 4 heteroatoms. The molecule has 1 aromatic rings. The lowest BCUT2D eigenvalue weighted by Gasteiger charge is -2.21. The highest BCUT2D eigenvalue weighted by molar-refractivity contribution is 7.80. The van der Waals surface area contributed by atoms with E-state index in [-0.39, 0.29) is 0 Å². The second-order valence-electron chi connectivity index (χ2n) is 4.90. The maximum atomic E-state index is 8.15. The molecular weight excluding hydrogens is 230 g/mol. The Bertz CT molecular complexity index is 484. The molecule has 92 valence electrons. The van der Waals surface area contributed by atoms with Gasteiger partial charge >= 0.3 is 5.62 Å². The van der Waals surface area contributed by atoms with Crippen LogP contribution in [0.4, 0.5) is 0 Å². The summed E-state index contributed by atoms with van der Waals surface area (Å²) >= 11 is 5.24. The summed E-state index contributed by atoms with van der Waals surface area (Å²) in [5, 5.41) is 8.15. The van der Waals surface area contributed by atoms with Crippen LogP contribution in [0.2, 0.25) is 0 Å². The van der Waals surface area contributed by atoms with Crippen molar-refractivity contribution in [2.45, 2.75) is 45.1 Å². The fourth-order valence-corrected chi connectivity index (χ4v) is 2.62. The summed E-state index contributed by atoms with van der Waals surface area (Å²) in [5.41, 5.74) is 1.63. The molecule has 3 nitrogen and oxygen atoms in total. The number of hydrogen-bond acceptors (Lipinski definition) is 2. The highest BCUT2D eigenvalue weighted by Crippen LogP contribution is 2.26. The summed E-state index contributed by atoms with van der Waals surface area (Å²) in [4.78, 5) is 0.894. The number of aryl methyl sites for hydroxylation is 1. The monoisotopic (exact) mass is 250 g/mol. The zero-order chi connectivity index (χ0) is 12.4. The second-order valence-corrected chi connectivity index (χ2v) is 5.52. The zero-order valence-electron chi connectivity index (χ0n) is 10.6. The van der Waals surface area contributed by atoms with Gasteiger partial charge in [-0.1, -0.05) is 18.6 Å². The minimum absolute atomic E-state index is 0.483. The van der Waals surface area contributed by atoms with Gasteiger partial charge in [0, 0.05) is 4.86 Å². The van der Waals surface area contributed by atoms with Gasteiger partial charge in [-0.05, 0) is 32.6 Å². The molecule has 1 aliphatic carbocycles. The van der Waals surface area contributed by atoms with E-state index in [0.717, 1.165) is 10.4 Å². The molecule has 17 heavy (non-hydrogen) atoms. The van der Waals surface area contributed by atoms with E-state index in [1.165, 1.54) is 32.1 Å². The van der Waals surface area contributed by atoms with Crippen LogP contribution in [0, 0.1) is 5.41 Å². The molecule has 0 saturated heterocycles. The number of nitrogens with zero attached hydrogens (tertiary/aromatic N) is 2. The normalized spacial score (nSPS) is 17.1. The molecule has 1 aromatic heterocycles. The summed E-state index contributed by atoms with van der Waals surface area (Å²) < 4.78 is 3.96. The molecule has 1 N–H and O–H groups in total. The highest BCUT2D eigenvalue weighted by atomic mass is 32.1. The summed E-state index contributed by atoms with van der Waals surface area (Å²) in [6.45, 7) is 1.94. The third kappa shape index (κ3) is 2.63. The molecule has 0 atom stereocenters. The van der Waals surface area contributed by atoms with Crippen LogP contribution >= 0.6 is 12.2 Å². The molecule has 0 unspecified atom stereocenters. The smallest absolute Gasteiger partial charge is 0.238 e. The average Bonchev–Trinajstić information content (AvgIpc) is 2.33. The van der Waals surface area contributed by atoms with Crippen LogP contribution in [-0.4, -0.2) is 9.43 Å². The van der Waals surface area contributed by atoms with Crippen molar-refractivity contribution in [2.24, 2.45) is 7.05 Å². The molecule has 1 aliphatic rings. The quantitative estimate of drug-likeness (QED) is 0.486. The Morgan fingerprint density at radius 3 is 2.65 bits per heavy atom. The number of aromatic nitrogens is 2. The van der Waals surface area contributed by atoms with Gasteiger partial charge in [0.2, 0.25) is 0 Å². The lowest BCUT2D eigenvalue weighted by Crippen LogP contribution is -2.52. The zero-order valence-corrected chi connectivity index (χ0v) is 11.4. The summed E-state index contributed by atoms with van der Waals surface area (Å²) in [7, 11) is 1.92. The van der Waals surface area contributed by atoms with E-state index in [2.05, 4.69) is 10.8 Å². The first-order chi connectivity index (χ1) is 8.09. The standard InChI is InChI=1S/C13H20N3S/c1-10(17)11-8-15(2)13(14)16(9-11)12-6-4-3-5-7-12/h8-9,12,14H,3-7H2,1-2H3/q+1. The lowest BCUT2D eigenvalue weighted by molar-refractivity contribution is -0.694. The maximum Gasteiger partial charge on any atom is 0.390 e. The average molecular weight is 250 g/mol. The second kappa shape index (κ2) is 5.08. The molecule has 0 spiro atoms. The van der Waals surface area contributed by atoms with Crippen LogP contribution in [0.25, 0.3) is 0 Å². The van der Waals surface area contributed by atoms with Gasteiger partial charge in [-0.3, -0.25) is 0 Å². The number of thiocarbonyl (C=S) groups is 1. The van der Waals surface area contributed by atoms with Gasteiger partial charge in [0.25, 0.3) is 0 Å². The summed E-state index contributed by atoms with van der Waals surface area (Å²) in [6.07, 6.45) is 10.3. The Morgan fingerprint density at radius 1 is 1.41 bits per heavy atom. The van der Waals surface area contributed by atoms with Crippen LogP contribution < -0.4 is 10.2 Å². The van der Waals surface area contributed by atoms with Gasteiger partial charge in [0.15, 0.2) is 0 Å². The van der Waals surface area contributed by atoms with Gasteiger partial charge in [0.1, 0.15) is 0 Å². The minimum Gasteiger partial charge on any atom is -0.238 e. The molecule has 1 saturated carbocycles. The number of rotatable bonds is 2. The van der Waals surface area contributed by atoms with Gasteiger partial charge in [-0.2, -0.15) is 0 Å². The van der Waals surface area contributed by atoms with Crippen molar-refractivity contribution in [3.63, 3.8) is 0 Å². The van der Waals surface area contributed by atoms with Gasteiger partial charge in [-0.25, -0.2) is 9.13 Å². The molecule has 0 aliphatic heterocycles. The van der Waals surface area contributed by atoms with Crippen molar-refractivity contribution in [1.82, 2.24) is 4.57 Å². The fourth-order valence-electron chi connectivity index (χ4n) is 2.52.